The lowest BCUT2D eigenvalue weighted by Gasteiger charge is -2.12. The third kappa shape index (κ3) is 5.39. The summed E-state index contributed by atoms with van der Waals surface area (Å²) in [6, 6.07) is 26.4. The molecular weight excluding hydrogens is 358 g/mol. The average molecular weight is 381 g/mol. The van der Waals surface area contributed by atoms with Crippen molar-refractivity contribution in [2.24, 2.45) is 0 Å². The molecule has 0 bridgehead atoms. The number of aromatic nitrogens is 3. The third-order valence-corrected chi connectivity index (χ3v) is 4.54. The Balaban J connectivity index is 1.51. The molecule has 0 aliphatic carbocycles. The molecule has 0 aliphatic rings. The summed E-state index contributed by atoms with van der Waals surface area (Å²) in [6.45, 7) is 1.48. The maximum Gasteiger partial charge on any atom is 0.163 e. The van der Waals surface area contributed by atoms with Crippen molar-refractivity contribution < 1.29 is 0 Å². The largest absolute Gasteiger partial charge is 0.370 e. The lowest BCUT2D eigenvalue weighted by atomic mass is 10.1. The van der Waals surface area contributed by atoms with Crippen molar-refractivity contribution in [2.45, 2.75) is 13.0 Å². The van der Waals surface area contributed by atoms with Gasteiger partial charge in [0.05, 0.1) is 0 Å². The SMILES string of the molecule is c1ccc(CCNc2cc(NCc3ccncc3)nc(-c3ccccc3)n2)cc1. The Bertz CT molecular complexity index is 1020. The Hall–Kier alpha value is -3.73. The molecular formula is C24H23N5. The van der Waals surface area contributed by atoms with Gasteiger partial charge in [-0.3, -0.25) is 4.98 Å². The second-order valence-electron chi connectivity index (χ2n) is 6.70. The quantitative estimate of drug-likeness (QED) is 0.459. The van der Waals surface area contributed by atoms with E-state index in [1.807, 2.05) is 54.6 Å². The molecule has 2 aromatic carbocycles. The predicted octanol–water partition coefficient (Wildman–Crippen LogP) is 4.81. The topological polar surface area (TPSA) is 62.7 Å². The fourth-order valence-corrected chi connectivity index (χ4v) is 3.02. The molecule has 4 aromatic rings. The van der Waals surface area contributed by atoms with Crippen molar-refractivity contribution in [3.63, 3.8) is 0 Å². The van der Waals surface area contributed by atoms with Crippen LogP contribution in [0.25, 0.3) is 11.4 Å². The van der Waals surface area contributed by atoms with Gasteiger partial charge < -0.3 is 10.6 Å². The second kappa shape index (κ2) is 9.46. The lowest BCUT2D eigenvalue weighted by Crippen LogP contribution is -2.09. The van der Waals surface area contributed by atoms with E-state index in [2.05, 4.69) is 39.9 Å². The Labute approximate surface area is 170 Å². The third-order valence-electron chi connectivity index (χ3n) is 4.54. The molecule has 0 saturated carbocycles. The van der Waals surface area contributed by atoms with E-state index in [1.165, 1.54) is 5.56 Å². The fraction of sp³-hybridized carbons (Fsp3) is 0.125. The summed E-state index contributed by atoms with van der Waals surface area (Å²) >= 11 is 0. The molecule has 0 aliphatic heterocycles. The number of benzene rings is 2. The van der Waals surface area contributed by atoms with Gasteiger partial charge in [0.2, 0.25) is 0 Å². The highest BCUT2D eigenvalue weighted by molar-refractivity contribution is 5.61. The molecule has 2 aromatic heterocycles. The number of hydrogen-bond acceptors (Lipinski definition) is 5. The first-order valence-corrected chi connectivity index (χ1v) is 9.72. The summed E-state index contributed by atoms with van der Waals surface area (Å²) in [4.78, 5) is 13.5. The Morgan fingerprint density at radius 2 is 1.31 bits per heavy atom. The summed E-state index contributed by atoms with van der Waals surface area (Å²) in [5.41, 5.74) is 3.44. The van der Waals surface area contributed by atoms with Gasteiger partial charge in [-0.15, -0.1) is 0 Å². The van der Waals surface area contributed by atoms with Crippen LogP contribution in [-0.4, -0.2) is 21.5 Å². The highest BCUT2D eigenvalue weighted by Gasteiger charge is 2.07. The van der Waals surface area contributed by atoms with Gasteiger partial charge >= 0.3 is 0 Å². The molecule has 0 spiro atoms. The monoisotopic (exact) mass is 381 g/mol. The van der Waals surface area contributed by atoms with Crippen LogP contribution in [0.15, 0.2) is 91.3 Å². The first kappa shape index (κ1) is 18.6. The normalized spacial score (nSPS) is 10.5. The number of rotatable bonds is 8. The number of nitrogens with zero attached hydrogens (tertiary/aromatic N) is 3. The van der Waals surface area contributed by atoms with E-state index in [0.29, 0.717) is 12.4 Å². The predicted molar refractivity (Wildman–Crippen MR) is 118 cm³/mol. The first-order chi connectivity index (χ1) is 14.4. The van der Waals surface area contributed by atoms with Crippen molar-refractivity contribution in [3.8, 4) is 11.4 Å². The van der Waals surface area contributed by atoms with Crippen LogP contribution in [0.1, 0.15) is 11.1 Å². The van der Waals surface area contributed by atoms with Gasteiger partial charge in [-0.1, -0.05) is 60.7 Å². The molecule has 0 atom stereocenters. The Morgan fingerprint density at radius 3 is 2.03 bits per heavy atom. The zero-order valence-corrected chi connectivity index (χ0v) is 16.1. The van der Waals surface area contributed by atoms with Crippen molar-refractivity contribution in [3.05, 3.63) is 102 Å². The summed E-state index contributed by atoms with van der Waals surface area (Å²) in [7, 11) is 0. The standard InChI is InChI=1S/C24H23N5/c1-3-7-19(8-4-1)13-16-26-22-17-23(27-18-20-11-14-25-15-12-20)29-24(28-22)21-9-5-2-6-10-21/h1-12,14-15,17H,13,16,18H2,(H2,26,27,28,29). The summed E-state index contributed by atoms with van der Waals surface area (Å²) < 4.78 is 0. The summed E-state index contributed by atoms with van der Waals surface area (Å²) in [5.74, 6) is 2.30. The zero-order chi connectivity index (χ0) is 19.7. The van der Waals surface area contributed by atoms with Gasteiger partial charge in [-0.2, -0.15) is 0 Å². The molecule has 0 fully saturated rings. The minimum absolute atomic E-state index is 0.678. The minimum atomic E-state index is 0.678. The van der Waals surface area contributed by atoms with Gasteiger partial charge in [0.15, 0.2) is 5.82 Å². The van der Waals surface area contributed by atoms with E-state index in [4.69, 9.17) is 9.97 Å². The molecule has 0 radical (unpaired) electrons. The fourth-order valence-electron chi connectivity index (χ4n) is 3.02. The van der Waals surface area contributed by atoms with Crippen LogP contribution in [0.5, 0.6) is 0 Å². The summed E-state index contributed by atoms with van der Waals surface area (Å²) in [6.07, 6.45) is 4.53. The van der Waals surface area contributed by atoms with Gasteiger partial charge in [-0.25, -0.2) is 9.97 Å². The van der Waals surface area contributed by atoms with Crippen molar-refractivity contribution >= 4 is 11.6 Å². The molecule has 5 nitrogen and oxygen atoms in total. The van der Waals surface area contributed by atoms with Crippen LogP contribution in [0.3, 0.4) is 0 Å². The Morgan fingerprint density at radius 1 is 0.655 bits per heavy atom. The van der Waals surface area contributed by atoms with Crippen LogP contribution in [0.4, 0.5) is 11.6 Å². The number of anilines is 2. The number of hydrogen-bond donors (Lipinski definition) is 2. The molecule has 4 rings (SSSR count). The van der Waals surface area contributed by atoms with E-state index < -0.39 is 0 Å². The minimum Gasteiger partial charge on any atom is -0.370 e. The van der Waals surface area contributed by atoms with Crippen molar-refractivity contribution in [1.29, 1.82) is 0 Å². The lowest BCUT2D eigenvalue weighted by molar-refractivity contribution is 0.998. The molecule has 0 unspecified atom stereocenters. The van der Waals surface area contributed by atoms with E-state index in [1.54, 1.807) is 12.4 Å². The van der Waals surface area contributed by atoms with Gasteiger partial charge in [-0.05, 0) is 29.7 Å². The highest BCUT2D eigenvalue weighted by Crippen LogP contribution is 2.20. The number of pyridine rings is 1. The van der Waals surface area contributed by atoms with Crippen LogP contribution >= 0.6 is 0 Å². The average Bonchev–Trinajstić information content (AvgIpc) is 2.80. The Kier molecular flexibility index (Phi) is 6.08. The number of nitrogens with one attached hydrogen (secondary N) is 2. The van der Waals surface area contributed by atoms with Crippen LogP contribution in [0.2, 0.25) is 0 Å². The molecule has 0 saturated heterocycles. The van der Waals surface area contributed by atoms with Crippen molar-refractivity contribution in [2.75, 3.05) is 17.2 Å². The maximum atomic E-state index is 4.72. The molecule has 0 amide bonds. The molecule has 2 N–H and O–H groups in total. The van der Waals surface area contributed by atoms with Crippen molar-refractivity contribution in [1.82, 2.24) is 15.0 Å². The smallest absolute Gasteiger partial charge is 0.163 e. The van der Waals surface area contributed by atoms with E-state index in [9.17, 15) is 0 Å². The van der Waals surface area contributed by atoms with E-state index >= 15 is 0 Å². The maximum absolute atomic E-state index is 4.72. The van der Waals surface area contributed by atoms with Gasteiger partial charge in [0, 0.05) is 37.1 Å². The van der Waals surface area contributed by atoms with Gasteiger partial charge in [0.1, 0.15) is 11.6 Å². The first-order valence-electron chi connectivity index (χ1n) is 9.72. The molecule has 5 heteroatoms. The summed E-state index contributed by atoms with van der Waals surface area (Å²) in [5, 5.41) is 6.84. The van der Waals surface area contributed by atoms with Crippen LogP contribution in [0, 0.1) is 0 Å². The van der Waals surface area contributed by atoms with Gasteiger partial charge in [0.25, 0.3) is 0 Å². The van der Waals surface area contributed by atoms with Crippen LogP contribution in [-0.2, 0) is 13.0 Å². The van der Waals surface area contributed by atoms with E-state index in [-0.39, 0.29) is 0 Å². The zero-order valence-electron chi connectivity index (χ0n) is 16.1. The second-order valence-corrected chi connectivity index (χ2v) is 6.70. The molecule has 2 heterocycles. The molecule has 144 valence electrons. The molecule has 29 heavy (non-hydrogen) atoms. The van der Waals surface area contributed by atoms with Crippen LogP contribution < -0.4 is 10.6 Å². The van der Waals surface area contributed by atoms with E-state index in [0.717, 1.165) is 35.7 Å². The highest BCUT2D eigenvalue weighted by atomic mass is 15.1.